The number of benzene rings is 1. The highest BCUT2D eigenvalue weighted by molar-refractivity contribution is 7.90. The van der Waals surface area contributed by atoms with Gasteiger partial charge in [0.2, 0.25) is 0 Å². The molecule has 0 radical (unpaired) electrons. The Labute approximate surface area is 115 Å². The molecule has 1 heterocycles. The molecule has 20 heavy (non-hydrogen) atoms. The molecule has 1 aliphatic rings. The van der Waals surface area contributed by atoms with Crippen LogP contribution in [0.25, 0.3) is 0 Å². The van der Waals surface area contributed by atoms with Crippen LogP contribution in [0.2, 0.25) is 0 Å². The third-order valence-electron chi connectivity index (χ3n) is 3.16. The van der Waals surface area contributed by atoms with Crippen molar-refractivity contribution < 1.29 is 21.6 Å². The molecule has 0 saturated carbocycles. The number of piperazine rings is 1. The first-order chi connectivity index (χ1) is 9.19. The Balaban J connectivity index is 2.51. The summed E-state index contributed by atoms with van der Waals surface area (Å²) in [7, 11) is -3.66. The third kappa shape index (κ3) is 3.24. The topological polar surface area (TPSA) is 49.4 Å². The van der Waals surface area contributed by atoms with Crippen LogP contribution in [0.4, 0.5) is 18.9 Å². The van der Waals surface area contributed by atoms with Crippen molar-refractivity contribution in [2.24, 2.45) is 0 Å². The SMILES string of the molecule is CS(=O)(=O)c1ccc(N2CCNCC2)c(C(F)(F)F)c1. The number of halogens is 3. The van der Waals surface area contributed by atoms with E-state index in [-0.39, 0.29) is 10.6 Å². The highest BCUT2D eigenvalue weighted by Gasteiger charge is 2.36. The van der Waals surface area contributed by atoms with E-state index in [4.69, 9.17) is 0 Å². The van der Waals surface area contributed by atoms with E-state index in [9.17, 15) is 21.6 Å². The van der Waals surface area contributed by atoms with Crippen LogP contribution < -0.4 is 10.2 Å². The van der Waals surface area contributed by atoms with Gasteiger partial charge in [-0.25, -0.2) is 8.42 Å². The van der Waals surface area contributed by atoms with Gasteiger partial charge in [0.25, 0.3) is 0 Å². The highest BCUT2D eigenvalue weighted by Crippen LogP contribution is 2.38. The number of nitrogens with zero attached hydrogens (tertiary/aromatic N) is 1. The summed E-state index contributed by atoms with van der Waals surface area (Å²) < 4.78 is 62.2. The maximum atomic E-state index is 13.1. The van der Waals surface area contributed by atoms with Crippen LogP contribution >= 0.6 is 0 Å². The van der Waals surface area contributed by atoms with E-state index in [1.807, 2.05) is 0 Å². The number of sulfone groups is 1. The van der Waals surface area contributed by atoms with Gasteiger partial charge in [0.05, 0.1) is 10.5 Å². The second kappa shape index (κ2) is 5.25. The molecule has 0 bridgehead atoms. The van der Waals surface area contributed by atoms with Gasteiger partial charge in [0.1, 0.15) is 0 Å². The molecular formula is C12H15F3N2O2S. The van der Waals surface area contributed by atoms with E-state index >= 15 is 0 Å². The van der Waals surface area contributed by atoms with Gasteiger partial charge in [-0.3, -0.25) is 0 Å². The zero-order chi connectivity index (χ0) is 15.0. The summed E-state index contributed by atoms with van der Waals surface area (Å²) in [6.45, 7) is 2.12. The summed E-state index contributed by atoms with van der Waals surface area (Å²) in [5.41, 5.74) is -0.867. The second-order valence-electron chi connectivity index (χ2n) is 4.69. The second-order valence-corrected chi connectivity index (χ2v) is 6.70. The van der Waals surface area contributed by atoms with Gasteiger partial charge in [0, 0.05) is 38.1 Å². The normalized spacial score (nSPS) is 17.3. The van der Waals surface area contributed by atoms with Crippen LogP contribution in [0.5, 0.6) is 0 Å². The zero-order valence-corrected chi connectivity index (χ0v) is 11.7. The zero-order valence-electron chi connectivity index (χ0n) is 10.9. The molecule has 1 aromatic carbocycles. The summed E-state index contributed by atoms with van der Waals surface area (Å²) in [5.74, 6) is 0. The maximum Gasteiger partial charge on any atom is 0.418 e. The molecule has 1 aromatic rings. The molecular weight excluding hydrogens is 293 g/mol. The van der Waals surface area contributed by atoms with Crippen molar-refractivity contribution in [1.82, 2.24) is 5.32 Å². The minimum Gasteiger partial charge on any atom is -0.368 e. The van der Waals surface area contributed by atoms with E-state index in [0.29, 0.717) is 32.2 Å². The van der Waals surface area contributed by atoms with Crippen molar-refractivity contribution in [2.45, 2.75) is 11.1 Å². The van der Waals surface area contributed by atoms with Crippen LogP contribution in [-0.4, -0.2) is 40.9 Å². The molecule has 1 fully saturated rings. The lowest BCUT2D eigenvalue weighted by Gasteiger charge is -2.31. The molecule has 1 saturated heterocycles. The summed E-state index contributed by atoms with van der Waals surface area (Å²) in [5, 5.41) is 3.06. The summed E-state index contributed by atoms with van der Waals surface area (Å²) in [6, 6.07) is 3.18. The lowest BCUT2D eigenvalue weighted by molar-refractivity contribution is -0.137. The highest BCUT2D eigenvalue weighted by atomic mass is 32.2. The van der Waals surface area contributed by atoms with Crippen LogP contribution in [-0.2, 0) is 16.0 Å². The monoisotopic (exact) mass is 308 g/mol. The van der Waals surface area contributed by atoms with E-state index < -0.39 is 21.6 Å². The molecule has 0 unspecified atom stereocenters. The standard InChI is InChI=1S/C12H15F3N2O2S/c1-20(18,19)9-2-3-11(10(8-9)12(13,14)15)17-6-4-16-5-7-17/h2-3,8,16H,4-7H2,1H3. The van der Waals surface area contributed by atoms with Gasteiger partial charge in [-0.15, -0.1) is 0 Å². The quantitative estimate of drug-likeness (QED) is 0.900. The molecule has 112 valence electrons. The molecule has 0 atom stereocenters. The number of hydrogen-bond donors (Lipinski definition) is 1. The van der Waals surface area contributed by atoms with Gasteiger partial charge in [-0.2, -0.15) is 13.2 Å². The Morgan fingerprint density at radius 2 is 1.80 bits per heavy atom. The van der Waals surface area contributed by atoms with Gasteiger partial charge >= 0.3 is 6.18 Å². The van der Waals surface area contributed by atoms with Crippen LogP contribution in [0.1, 0.15) is 5.56 Å². The Morgan fingerprint density at radius 1 is 1.20 bits per heavy atom. The predicted octanol–water partition coefficient (Wildman–Crippen LogP) is 1.52. The Hall–Kier alpha value is -1.28. The summed E-state index contributed by atoms with van der Waals surface area (Å²) in [6.07, 6.45) is -3.69. The Bertz CT molecular complexity index is 593. The minimum absolute atomic E-state index is 0.0337. The molecule has 0 amide bonds. The maximum absolute atomic E-state index is 13.1. The number of alkyl halides is 3. The molecule has 0 aromatic heterocycles. The molecule has 0 aliphatic carbocycles. The van der Waals surface area contributed by atoms with Gasteiger partial charge in [-0.1, -0.05) is 0 Å². The lowest BCUT2D eigenvalue weighted by Crippen LogP contribution is -2.44. The number of anilines is 1. The minimum atomic E-state index is -4.58. The van der Waals surface area contributed by atoms with E-state index in [0.717, 1.165) is 6.26 Å². The van der Waals surface area contributed by atoms with E-state index in [2.05, 4.69) is 5.32 Å². The Kier molecular flexibility index (Phi) is 3.97. The molecule has 1 aliphatic heterocycles. The van der Waals surface area contributed by atoms with E-state index in [1.54, 1.807) is 4.90 Å². The molecule has 1 N–H and O–H groups in total. The fraction of sp³-hybridized carbons (Fsp3) is 0.500. The van der Waals surface area contributed by atoms with Crippen LogP contribution in [0, 0.1) is 0 Å². The first kappa shape index (κ1) is 15.1. The Morgan fingerprint density at radius 3 is 2.30 bits per heavy atom. The summed E-state index contributed by atoms with van der Waals surface area (Å²) in [4.78, 5) is 1.30. The first-order valence-corrected chi connectivity index (χ1v) is 7.96. The molecule has 8 heteroatoms. The largest absolute Gasteiger partial charge is 0.418 e. The first-order valence-electron chi connectivity index (χ1n) is 6.06. The van der Waals surface area contributed by atoms with Crippen LogP contribution in [0.15, 0.2) is 23.1 Å². The van der Waals surface area contributed by atoms with Crippen molar-refractivity contribution in [1.29, 1.82) is 0 Å². The average Bonchev–Trinajstić information content (AvgIpc) is 2.37. The van der Waals surface area contributed by atoms with Crippen LogP contribution in [0.3, 0.4) is 0 Å². The molecule has 0 spiro atoms. The number of rotatable bonds is 2. The fourth-order valence-corrected chi connectivity index (χ4v) is 2.80. The third-order valence-corrected chi connectivity index (χ3v) is 4.27. The van der Waals surface area contributed by atoms with E-state index in [1.165, 1.54) is 12.1 Å². The van der Waals surface area contributed by atoms with Crippen molar-refractivity contribution in [3.8, 4) is 0 Å². The number of nitrogens with one attached hydrogen (secondary N) is 1. The fourth-order valence-electron chi connectivity index (χ4n) is 2.15. The predicted molar refractivity (Wildman–Crippen MR) is 69.6 cm³/mol. The smallest absolute Gasteiger partial charge is 0.368 e. The van der Waals surface area contributed by atoms with Gasteiger partial charge in [0.15, 0.2) is 9.84 Å². The average molecular weight is 308 g/mol. The lowest BCUT2D eigenvalue weighted by atomic mass is 10.1. The van der Waals surface area contributed by atoms with Crippen molar-refractivity contribution in [2.75, 3.05) is 37.3 Å². The number of hydrogen-bond acceptors (Lipinski definition) is 4. The van der Waals surface area contributed by atoms with Crippen molar-refractivity contribution >= 4 is 15.5 Å². The molecule has 2 rings (SSSR count). The van der Waals surface area contributed by atoms with Crippen molar-refractivity contribution in [3.63, 3.8) is 0 Å². The van der Waals surface area contributed by atoms with Crippen molar-refractivity contribution in [3.05, 3.63) is 23.8 Å². The van der Waals surface area contributed by atoms with Gasteiger partial charge in [-0.05, 0) is 18.2 Å². The molecule has 4 nitrogen and oxygen atoms in total. The summed E-state index contributed by atoms with van der Waals surface area (Å²) >= 11 is 0. The van der Waals surface area contributed by atoms with Gasteiger partial charge < -0.3 is 10.2 Å².